The lowest BCUT2D eigenvalue weighted by Crippen LogP contribution is -2.39. The van der Waals surface area contributed by atoms with Crippen LogP contribution in [0, 0.1) is 17.1 Å². The molecule has 1 aliphatic rings. The average molecular weight is 419 g/mol. The van der Waals surface area contributed by atoms with E-state index < -0.39 is 50.1 Å². The number of nitriles is 1. The van der Waals surface area contributed by atoms with E-state index >= 15 is 0 Å². The van der Waals surface area contributed by atoms with Crippen molar-refractivity contribution in [2.45, 2.75) is 45.0 Å². The summed E-state index contributed by atoms with van der Waals surface area (Å²) in [6.45, 7) is 0.166. The van der Waals surface area contributed by atoms with Crippen molar-refractivity contribution in [2.75, 3.05) is 18.4 Å². The van der Waals surface area contributed by atoms with E-state index in [4.69, 9.17) is 17.6 Å². The van der Waals surface area contributed by atoms with Gasteiger partial charge >= 0.3 is 0 Å². The third kappa shape index (κ3) is 4.39. The van der Waals surface area contributed by atoms with Gasteiger partial charge in [-0.1, -0.05) is 13.8 Å². The van der Waals surface area contributed by atoms with Gasteiger partial charge in [0.05, 0.1) is 19.8 Å². The quantitative estimate of drug-likeness (QED) is 0.638. The summed E-state index contributed by atoms with van der Waals surface area (Å²) in [5, 5.41) is 9.46. The van der Waals surface area contributed by atoms with Crippen LogP contribution >= 0.6 is 11.3 Å². The highest BCUT2D eigenvalue weighted by Crippen LogP contribution is 2.33. The van der Waals surface area contributed by atoms with Gasteiger partial charge in [0.2, 0.25) is 0 Å². The summed E-state index contributed by atoms with van der Waals surface area (Å²) in [6.07, 6.45) is -4.53. The predicted molar refractivity (Wildman–Crippen MR) is 115 cm³/mol. The Morgan fingerprint density at radius 1 is 1.55 bits per heavy atom. The molecule has 1 fully saturated rings. The van der Waals surface area contributed by atoms with E-state index in [0.717, 1.165) is 34.7 Å². The molecule has 4 rings (SSSR count). The molecule has 1 N–H and O–H groups in total. The van der Waals surface area contributed by atoms with Gasteiger partial charge in [-0.3, -0.25) is 4.90 Å². The monoisotopic (exact) mass is 418 g/mol. The number of hydrogen-bond acceptors (Lipinski definition) is 6. The van der Waals surface area contributed by atoms with E-state index in [1.54, 1.807) is 13.8 Å². The molecule has 0 bridgehead atoms. The lowest BCUT2D eigenvalue weighted by molar-refractivity contribution is 0.209. The summed E-state index contributed by atoms with van der Waals surface area (Å²) in [6, 6.07) is 2.17. The zero-order chi connectivity index (χ0) is 28.4. The molecule has 1 unspecified atom stereocenters. The standard InChI is InChI=1S/C22H24FN5S/c1-14(2)20-10-18-21(25-13-26-22(18)29-20)27-17-5-7-28(8-6-17)12-16-9-15(11-24)3-4-19(16)23/h3-4,9-10,13-14,17H,5-8,12H2,1-2H3,(H,25,26,27)/i5D2,6D2,10D,12D,14D,17D/hD. The van der Waals surface area contributed by atoms with Crippen LogP contribution in [0.3, 0.4) is 0 Å². The highest BCUT2D eigenvalue weighted by Gasteiger charge is 2.21. The van der Waals surface area contributed by atoms with Crippen LogP contribution in [0.1, 0.15) is 59.5 Å². The maximum Gasteiger partial charge on any atom is 0.162 e. The lowest BCUT2D eigenvalue weighted by Gasteiger charge is -2.32. The topological polar surface area (TPSA) is 64.8 Å². The van der Waals surface area contributed by atoms with E-state index in [9.17, 15) is 4.39 Å². The summed E-state index contributed by atoms with van der Waals surface area (Å²) < 4.78 is 92.5. The fraction of sp³-hybridized carbons (Fsp3) is 0.409. The Balaban J connectivity index is 1.78. The predicted octanol–water partition coefficient (Wildman–Crippen LogP) is 4.90. The smallest absolute Gasteiger partial charge is 0.162 e. The van der Waals surface area contributed by atoms with E-state index in [1.165, 1.54) is 6.07 Å². The minimum absolute atomic E-state index is 0.0113. The van der Waals surface area contributed by atoms with Crippen LogP contribution in [0.25, 0.3) is 10.2 Å². The number of nitrogens with one attached hydrogen (secondary N) is 1. The largest absolute Gasteiger partial charge is 0.367 e. The molecule has 29 heavy (non-hydrogen) atoms. The first-order valence-corrected chi connectivity index (χ1v) is 9.67. The number of piperidine rings is 1. The number of thiophene rings is 1. The van der Waals surface area contributed by atoms with Crippen molar-refractivity contribution in [3.05, 3.63) is 52.4 Å². The van der Waals surface area contributed by atoms with Crippen molar-refractivity contribution < 1.29 is 16.8 Å². The molecule has 0 amide bonds. The van der Waals surface area contributed by atoms with Crippen LogP contribution in [-0.2, 0) is 6.52 Å². The molecule has 7 heteroatoms. The second kappa shape index (κ2) is 8.44. The van der Waals surface area contributed by atoms with Crippen molar-refractivity contribution >= 4 is 27.4 Å². The summed E-state index contributed by atoms with van der Waals surface area (Å²) in [7, 11) is 0. The van der Waals surface area contributed by atoms with Crippen LogP contribution < -0.4 is 5.31 Å². The molecule has 1 atom stereocenters. The third-order valence-corrected chi connectivity index (χ3v) is 5.46. The maximum absolute atomic E-state index is 14.5. The molecular weight excluding hydrogens is 385 g/mol. The maximum atomic E-state index is 14.5. The molecule has 1 aromatic carbocycles. The molecule has 2 aromatic heterocycles. The van der Waals surface area contributed by atoms with Crippen molar-refractivity contribution in [3.8, 4) is 6.07 Å². The van der Waals surface area contributed by atoms with Gasteiger partial charge in [-0.25, -0.2) is 14.4 Å². The van der Waals surface area contributed by atoms with Gasteiger partial charge in [0.25, 0.3) is 0 Å². The fourth-order valence-electron chi connectivity index (χ4n) is 2.75. The highest BCUT2D eigenvalue weighted by atomic mass is 32.1. The number of nitrogens with zero attached hydrogens (tertiary/aromatic N) is 4. The van der Waals surface area contributed by atoms with Crippen LogP contribution in [0.5, 0.6) is 0 Å². The number of rotatable bonds is 5. The molecule has 0 radical (unpaired) electrons. The van der Waals surface area contributed by atoms with Gasteiger partial charge in [-0.15, -0.1) is 11.3 Å². The van der Waals surface area contributed by atoms with Gasteiger partial charge in [0, 0.05) is 44.3 Å². The van der Waals surface area contributed by atoms with Gasteiger partial charge in [-0.05, 0) is 42.9 Å². The Labute approximate surface area is 186 Å². The summed E-state index contributed by atoms with van der Waals surface area (Å²) in [5.41, 5.74) is -0.158. The van der Waals surface area contributed by atoms with E-state index in [2.05, 4.69) is 9.97 Å². The van der Waals surface area contributed by atoms with Gasteiger partial charge in [-0.2, -0.15) is 5.26 Å². The molecule has 0 aliphatic carbocycles. The SMILES string of the molecule is [2H]c1c(C([2H])(C)C)sc2ncnc(N([2H])C3([2H])C([2H])([2H])CN(C([2H])c4cc(C#N)ccc4F)CC3([2H])[2H])c12. The molecule has 5 nitrogen and oxygen atoms in total. The van der Waals surface area contributed by atoms with Crippen LogP contribution in [0.4, 0.5) is 10.2 Å². The fourth-order valence-corrected chi connectivity index (χ4v) is 3.65. The molecule has 150 valence electrons. The Morgan fingerprint density at radius 3 is 3.07 bits per heavy atom. The molecule has 1 aliphatic heterocycles. The molecule has 0 saturated carbocycles. The number of hydrogen-bond donors (Lipinski definition) is 1. The first kappa shape index (κ1) is 11.6. The lowest BCUT2D eigenvalue weighted by atomic mass is 10.0. The second-order valence-corrected chi connectivity index (χ2v) is 7.63. The summed E-state index contributed by atoms with van der Waals surface area (Å²) in [5.74, 6) is -2.34. The molecule has 3 aromatic rings. The second-order valence-electron chi connectivity index (χ2n) is 6.63. The number of aromatic nitrogens is 2. The minimum Gasteiger partial charge on any atom is -0.367 e. The van der Waals surface area contributed by atoms with E-state index in [1.807, 2.05) is 6.07 Å². The molecule has 3 heterocycles. The number of halogens is 1. The first-order chi connectivity index (χ1) is 17.5. The highest BCUT2D eigenvalue weighted by molar-refractivity contribution is 7.18. The zero-order valence-corrected chi connectivity index (χ0v) is 16.6. The average Bonchev–Trinajstić information content (AvgIpc) is 3.18. The summed E-state index contributed by atoms with van der Waals surface area (Å²) in [4.78, 5) is 9.71. The number of likely N-dealkylation sites (tertiary alicyclic amines) is 1. The third-order valence-electron chi connectivity index (χ3n) is 4.25. The number of benzene rings is 1. The van der Waals surface area contributed by atoms with Crippen molar-refractivity contribution in [1.82, 2.24) is 14.9 Å². The Morgan fingerprint density at radius 2 is 2.34 bits per heavy atom. The number of anilines is 1. The Hall–Kier alpha value is -2.56. The van der Waals surface area contributed by atoms with Gasteiger partial charge < -0.3 is 5.31 Å². The van der Waals surface area contributed by atoms with Crippen LogP contribution in [0.15, 0.2) is 30.6 Å². The van der Waals surface area contributed by atoms with E-state index in [-0.39, 0.29) is 33.2 Å². The van der Waals surface area contributed by atoms with E-state index in [0.29, 0.717) is 10.2 Å². The van der Waals surface area contributed by atoms with Gasteiger partial charge in [0.1, 0.15) is 22.8 Å². The molecule has 0 spiro atoms. The van der Waals surface area contributed by atoms with Crippen molar-refractivity contribution in [1.29, 1.82) is 5.26 Å². The van der Waals surface area contributed by atoms with Gasteiger partial charge in [0.15, 0.2) is 1.41 Å². The normalized spacial score (nSPS) is 26.2. The van der Waals surface area contributed by atoms with Crippen LogP contribution in [0.2, 0.25) is 1.41 Å². The van der Waals surface area contributed by atoms with Crippen molar-refractivity contribution in [3.63, 3.8) is 0 Å². The first-order valence-electron chi connectivity index (χ1n) is 13.4. The minimum atomic E-state index is -2.91. The van der Waals surface area contributed by atoms with Crippen molar-refractivity contribution in [2.24, 2.45) is 0 Å². The zero-order valence-electron chi connectivity index (χ0n) is 24.8. The summed E-state index contributed by atoms with van der Waals surface area (Å²) >= 11 is 1.04. The number of fused-ring (bicyclic) bond motifs is 1. The molecule has 1 saturated heterocycles. The Bertz CT molecular complexity index is 1420. The Kier molecular flexibility index (Phi) is 3.37. The van der Waals surface area contributed by atoms with Crippen LogP contribution in [-0.4, -0.2) is 34.0 Å². The molecular formula is C22H24FN5S.